The maximum absolute atomic E-state index is 12.9. The van der Waals surface area contributed by atoms with Crippen LogP contribution < -0.4 is 4.90 Å². The van der Waals surface area contributed by atoms with Crippen molar-refractivity contribution in [2.75, 3.05) is 25.5 Å². The van der Waals surface area contributed by atoms with E-state index in [2.05, 4.69) is 16.7 Å². The second kappa shape index (κ2) is 6.24. The third kappa shape index (κ3) is 2.76. The summed E-state index contributed by atoms with van der Waals surface area (Å²) >= 11 is 0. The average molecular weight is 334 g/mol. The third-order valence-corrected chi connectivity index (χ3v) is 4.81. The number of likely N-dealkylation sites (tertiary alicyclic amines) is 1. The van der Waals surface area contributed by atoms with Gasteiger partial charge in [0.2, 0.25) is 0 Å². The number of nitrogens with zero attached hydrogens (tertiary/aromatic N) is 4. The van der Waals surface area contributed by atoms with E-state index in [1.165, 1.54) is 0 Å². The minimum Gasteiger partial charge on any atom is -0.361 e. The van der Waals surface area contributed by atoms with E-state index < -0.39 is 0 Å². The maximum atomic E-state index is 12.9. The molecule has 1 aliphatic heterocycles. The molecule has 25 heavy (non-hydrogen) atoms. The molecule has 1 atom stereocenters. The first kappa shape index (κ1) is 15.7. The van der Waals surface area contributed by atoms with Gasteiger partial charge >= 0.3 is 0 Å². The van der Waals surface area contributed by atoms with Crippen LogP contribution in [0.4, 0.5) is 5.82 Å². The second-order valence-corrected chi connectivity index (χ2v) is 6.71. The Hall–Kier alpha value is -2.82. The molecule has 1 saturated heterocycles. The van der Waals surface area contributed by atoms with Gasteiger partial charge in [-0.3, -0.25) is 4.79 Å². The zero-order valence-electron chi connectivity index (χ0n) is 14.6. The largest absolute Gasteiger partial charge is 0.361 e. The van der Waals surface area contributed by atoms with Gasteiger partial charge in [-0.25, -0.2) is 4.98 Å². The Balaban J connectivity index is 1.73. The van der Waals surface area contributed by atoms with Gasteiger partial charge in [0.15, 0.2) is 5.82 Å². The van der Waals surface area contributed by atoms with Gasteiger partial charge in [0.1, 0.15) is 0 Å². The average Bonchev–Trinajstić information content (AvgIpc) is 3.29. The van der Waals surface area contributed by atoms with E-state index in [-0.39, 0.29) is 11.9 Å². The first-order chi connectivity index (χ1) is 12.1. The van der Waals surface area contributed by atoms with Crippen LogP contribution in [0.1, 0.15) is 34.9 Å². The summed E-state index contributed by atoms with van der Waals surface area (Å²) in [5.74, 6) is 1.02. The lowest BCUT2D eigenvalue weighted by Crippen LogP contribution is -2.31. The Morgan fingerprint density at radius 2 is 1.96 bits per heavy atom. The summed E-state index contributed by atoms with van der Waals surface area (Å²) in [6.07, 6.45) is 6.05. The number of hydrogen-bond donors (Lipinski definition) is 0. The summed E-state index contributed by atoms with van der Waals surface area (Å²) in [5, 5.41) is 0. The summed E-state index contributed by atoms with van der Waals surface area (Å²) in [4.78, 5) is 21.8. The van der Waals surface area contributed by atoms with Crippen molar-refractivity contribution in [3.63, 3.8) is 0 Å². The molecule has 0 saturated carbocycles. The van der Waals surface area contributed by atoms with Gasteiger partial charge in [0, 0.05) is 38.6 Å². The van der Waals surface area contributed by atoms with Crippen LogP contribution in [0.5, 0.6) is 0 Å². The van der Waals surface area contributed by atoms with Crippen molar-refractivity contribution in [3.05, 3.63) is 66.1 Å². The van der Waals surface area contributed by atoms with Crippen molar-refractivity contribution in [2.45, 2.75) is 18.9 Å². The van der Waals surface area contributed by atoms with Crippen molar-refractivity contribution in [1.82, 2.24) is 14.3 Å². The van der Waals surface area contributed by atoms with Crippen molar-refractivity contribution in [3.8, 4) is 0 Å². The lowest BCUT2D eigenvalue weighted by atomic mass is 10.1. The quantitative estimate of drug-likeness (QED) is 0.737. The standard InChI is InChI=1S/C20H22N4O/c1-22(2)19-18-11-6-12-23(18)14-16(21-19)17-10-7-13-24(17)20(25)15-8-4-3-5-9-15/h3-6,8-9,11-12,14,17H,7,10,13H2,1-2H3. The van der Waals surface area contributed by atoms with Crippen LogP contribution in [0, 0.1) is 0 Å². The van der Waals surface area contributed by atoms with Crippen molar-refractivity contribution in [1.29, 1.82) is 0 Å². The highest BCUT2D eigenvalue weighted by Crippen LogP contribution is 2.33. The fourth-order valence-corrected chi connectivity index (χ4v) is 3.60. The Bertz CT molecular complexity index is 900. The predicted octanol–water partition coefficient (Wildman–Crippen LogP) is 3.38. The van der Waals surface area contributed by atoms with Crippen LogP contribution >= 0.6 is 0 Å². The van der Waals surface area contributed by atoms with Crippen LogP contribution in [0.25, 0.3) is 5.52 Å². The highest BCUT2D eigenvalue weighted by atomic mass is 16.2. The SMILES string of the molecule is CN(C)c1nc(C2CCCN2C(=O)c2ccccc2)cn2cccc12. The fraction of sp³-hybridized carbons (Fsp3) is 0.300. The molecule has 1 unspecified atom stereocenters. The molecule has 5 nitrogen and oxygen atoms in total. The molecule has 0 bridgehead atoms. The number of benzene rings is 1. The van der Waals surface area contributed by atoms with Crippen molar-refractivity contribution in [2.24, 2.45) is 0 Å². The fourth-order valence-electron chi connectivity index (χ4n) is 3.60. The molecular formula is C20H22N4O. The van der Waals surface area contributed by atoms with Crippen molar-refractivity contribution >= 4 is 17.2 Å². The third-order valence-electron chi connectivity index (χ3n) is 4.81. The molecule has 5 heteroatoms. The minimum absolute atomic E-state index is 0.0261. The molecule has 0 aliphatic carbocycles. The number of anilines is 1. The summed E-state index contributed by atoms with van der Waals surface area (Å²) in [5.41, 5.74) is 2.77. The lowest BCUT2D eigenvalue weighted by molar-refractivity contribution is 0.0732. The topological polar surface area (TPSA) is 40.9 Å². The Morgan fingerprint density at radius 3 is 2.72 bits per heavy atom. The van der Waals surface area contributed by atoms with E-state index in [1.807, 2.05) is 66.5 Å². The van der Waals surface area contributed by atoms with Crippen LogP contribution in [-0.2, 0) is 0 Å². The number of carbonyl (C=O) groups excluding carboxylic acids is 1. The van der Waals surface area contributed by atoms with Crippen LogP contribution in [-0.4, -0.2) is 40.8 Å². The monoisotopic (exact) mass is 334 g/mol. The first-order valence-corrected chi connectivity index (χ1v) is 8.66. The number of amides is 1. The molecule has 0 spiro atoms. The van der Waals surface area contributed by atoms with Gasteiger partial charge in [-0.2, -0.15) is 0 Å². The highest BCUT2D eigenvalue weighted by Gasteiger charge is 2.32. The Kier molecular flexibility index (Phi) is 3.92. The van der Waals surface area contributed by atoms with Crippen LogP contribution in [0.2, 0.25) is 0 Å². The zero-order chi connectivity index (χ0) is 17.4. The van der Waals surface area contributed by atoms with Gasteiger partial charge in [-0.05, 0) is 37.1 Å². The van der Waals surface area contributed by atoms with Crippen molar-refractivity contribution < 1.29 is 4.79 Å². The molecule has 0 N–H and O–H groups in total. The van der Waals surface area contributed by atoms with Gasteiger partial charge in [0.25, 0.3) is 5.91 Å². The lowest BCUT2D eigenvalue weighted by Gasteiger charge is -2.26. The van der Waals surface area contributed by atoms with E-state index in [9.17, 15) is 4.79 Å². The summed E-state index contributed by atoms with van der Waals surface area (Å²) in [7, 11) is 4.00. The van der Waals surface area contributed by atoms with E-state index in [1.54, 1.807) is 0 Å². The highest BCUT2D eigenvalue weighted by molar-refractivity contribution is 5.94. The molecular weight excluding hydrogens is 312 g/mol. The maximum Gasteiger partial charge on any atom is 0.254 e. The van der Waals surface area contributed by atoms with E-state index in [0.717, 1.165) is 42.0 Å². The molecule has 4 rings (SSSR count). The van der Waals surface area contributed by atoms with E-state index in [4.69, 9.17) is 4.98 Å². The number of aromatic nitrogens is 2. The Morgan fingerprint density at radius 1 is 1.16 bits per heavy atom. The zero-order valence-corrected chi connectivity index (χ0v) is 14.6. The van der Waals surface area contributed by atoms with Crippen LogP contribution in [0.3, 0.4) is 0 Å². The van der Waals surface area contributed by atoms with E-state index >= 15 is 0 Å². The Labute approximate surface area is 147 Å². The van der Waals surface area contributed by atoms with E-state index in [0.29, 0.717) is 0 Å². The second-order valence-electron chi connectivity index (χ2n) is 6.71. The summed E-state index contributed by atoms with van der Waals surface area (Å²) in [6.45, 7) is 0.779. The molecule has 3 heterocycles. The molecule has 1 amide bonds. The number of rotatable bonds is 3. The summed E-state index contributed by atoms with van der Waals surface area (Å²) < 4.78 is 2.10. The minimum atomic E-state index is 0.0261. The van der Waals surface area contributed by atoms with Gasteiger partial charge in [-0.15, -0.1) is 0 Å². The molecule has 1 fully saturated rings. The van der Waals surface area contributed by atoms with Gasteiger partial charge < -0.3 is 14.2 Å². The normalized spacial score (nSPS) is 17.2. The first-order valence-electron chi connectivity index (χ1n) is 8.66. The van der Waals surface area contributed by atoms with Gasteiger partial charge in [0.05, 0.1) is 17.3 Å². The molecule has 1 aliphatic rings. The smallest absolute Gasteiger partial charge is 0.254 e. The van der Waals surface area contributed by atoms with Crippen LogP contribution in [0.15, 0.2) is 54.9 Å². The number of hydrogen-bond acceptors (Lipinski definition) is 3. The molecule has 0 radical (unpaired) electrons. The van der Waals surface area contributed by atoms with Gasteiger partial charge in [-0.1, -0.05) is 18.2 Å². The molecule has 3 aromatic rings. The molecule has 128 valence electrons. The molecule has 1 aromatic carbocycles. The number of fused-ring (bicyclic) bond motifs is 1. The summed E-state index contributed by atoms with van der Waals surface area (Å²) in [6, 6.07) is 13.6. The number of carbonyl (C=O) groups is 1. The molecule has 2 aromatic heterocycles. The predicted molar refractivity (Wildman–Crippen MR) is 99.0 cm³/mol.